The summed E-state index contributed by atoms with van der Waals surface area (Å²) in [6.07, 6.45) is 0.772. The van der Waals surface area contributed by atoms with E-state index in [1.165, 1.54) is 0 Å². The minimum absolute atomic E-state index is 0.188. The predicted octanol–water partition coefficient (Wildman–Crippen LogP) is 3.25. The van der Waals surface area contributed by atoms with Gasteiger partial charge in [-0.15, -0.1) is 0 Å². The average Bonchev–Trinajstić information content (AvgIpc) is 2.81. The minimum Gasteiger partial charge on any atom is -0.497 e. The lowest BCUT2D eigenvalue weighted by Crippen LogP contribution is -2.21. The first-order valence-electron chi connectivity index (χ1n) is 9.88. The first-order valence-corrected chi connectivity index (χ1v) is 9.88. The van der Waals surface area contributed by atoms with Crippen molar-refractivity contribution in [3.8, 4) is 11.5 Å². The fourth-order valence-electron chi connectivity index (χ4n) is 2.61. The molecule has 0 bridgehead atoms. The molecule has 0 aromatic heterocycles. The molecular formula is C23H28N4O4. The number of hydrogen-bond donors (Lipinski definition) is 2. The van der Waals surface area contributed by atoms with Crippen molar-refractivity contribution in [1.82, 2.24) is 10.9 Å². The van der Waals surface area contributed by atoms with E-state index >= 15 is 0 Å². The van der Waals surface area contributed by atoms with E-state index < -0.39 is 0 Å². The zero-order chi connectivity index (χ0) is 22.6. The van der Waals surface area contributed by atoms with Crippen LogP contribution in [0.3, 0.4) is 0 Å². The Kier molecular flexibility index (Phi) is 9.22. The third kappa shape index (κ3) is 7.93. The Morgan fingerprint density at radius 2 is 1.06 bits per heavy atom. The van der Waals surface area contributed by atoms with E-state index in [1.54, 1.807) is 28.1 Å². The third-order valence-corrected chi connectivity index (χ3v) is 4.52. The maximum absolute atomic E-state index is 12.0. The molecule has 2 aromatic rings. The van der Waals surface area contributed by atoms with Crippen molar-refractivity contribution in [1.29, 1.82) is 0 Å². The number of hydrogen-bond acceptors (Lipinski definition) is 6. The lowest BCUT2D eigenvalue weighted by Gasteiger charge is -2.05. The topological polar surface area (TPSA) is 101 Å². The standard InChI is InChI=1S/C23H28N4O4/c1-16(18-8-12-20(30-3)13-9-18)24-26-22(28)6-5-7-23(29)27-25-17(2)19-10-14-21(31-4)15-11-19/h8-15H,5-7H2,1-4H3,(H,26,28)(H,27,29)/b24-16+,25-17+. The molecule has 0 radical (unpaired) electrons. The molecule has 0 aliphatic rings. The Bertz CT molecular complexity index is 858. The van der Waals surface area contributed by atoms with E-state index in [-0.39, 0.29) is 24.7 Å². The van der Waals surface area contributed by atoms with Crippen LogP contribution in [0, 0.1) is 0 Å². The highest BCUT2D eigenvalue weighted by molar-refractivity contribution is 6.00. The SMILES string of the molecule is COc1ccc(/C(C)=N/NC(=O)CCCC(=O)N/N=C(\C)c2ccc(OC)cc2)cc1. The van der Waals surface area contributed by atoms with E-state index in [2.05, 4.69) is 21.1 Å². The van der Waals surface area contributed by atoms with Gasteiger partial charge in [0.1, 0.15) is 11.5 Å². The Morgan fingerprint density at radius 3 is 1.39 bits per heavy atom. The van der Waals surface area contributed by atoms with Crippen LogP contribution in [0.4, 0.5) is 0 Å². The summed E-state index contributed by atoms with van der Waals surface area (Å²) in [6.45, 7) is 3.61. The van der Waals surface area contributed by atoms with E-state index in [1.807, 2.05) is 48.5 Å². The van der Waals surface area contributed by atoms with Crippen LogP contribution in [-0.4, -0.2) is 37.5 Å². The molecule has 2 aromatic carbocycles. The van der Waals surface area contributed by atoms with Crippen molar-refractivity contribution in [3.05, 3.63) is 59.7 Å². The van der Waals surface area contributed by atoms with Gasteiger partial charge in [-0.05, 0) is 79.9 Å². The van der Waals surface area contributed by atoms with Gasteiger partial charge in [-0.3, -0.25) is 9.59 Å². The fourth-order valence-corrected chi connectivity index (χ4v) is 2.61. The molecule has 0 aliphatic carbocycles. The smallest absolute Gasteiger partial charge is 0.240 e. The number of ether oxygens (including phenoxy) is 2. The predicted molar refractivity (Wildman–Crippen MR) is 121 cm³/mol. The highest BCUT2D eigenvalue weighted by atomic mass is 16.5. The van der Waals surface area contributed by atoms with Crippen molar-refractivity contribution in [2.24, 2.45) is 10.2 Å². The van der Waals surface area contributed by atoms with Crippen LogP contribution in [-0.2, 0) is 9.59 Å². The Balaban J connectivity index is 1.72. The second-order valence-corrected chi connectivity index (χ2v) is 6.77. The van der Waals surface area contributed by atoms with Gasteiger partial charge in [0.15, 0.2) is 0 Å². The molecule has 0 heterocycles. The Labute approximate surface area is 182 Å². The number of nitrogens with one attached hydrogen (secondary N) is 2. The molecule has 2 amide bonds. The number of methoxy groups -OCH3 is 2. The highest BCUT2D eigenvalue weighted by Gasteiger charge is 2.06. The Morgan fingerprint density at radius 1 is 0.710 bits per heavy atom. The molecule has 0 atom stereocenters. The zero-order valence-electron chi connectivity index (χ0n) is 18.3. The third-order valence-electron chi connectivity index (χ3n) is 4.52. The molecule has 2 rings (SSSR count). The first-order chi connectivity index (χ1) is 14.9. The van der Waals surface area contributed by atoms with Gasteiger partial charge in [-0.25, -0.2) is 10.9 Å². The molecular weight excluding hydrogens is 396 g/mol. The molecule has 0 saturated carbocycles. The summed E-state index contributed by atoms with van der Waals surface area (Å²) < 4.78 is 10.2. The van der Waals surface area contributed by atoms with Crippen LogP contribution in [0.25, 0.3) is 0 Å². The van der Waals surface area contributed by atoms with Crippen LogP contribution >= 0.6 is 0 Å². The van der Waals surface area contributed by atoms with Gasteiger partial charge in [0.2, 0.25) is 11.8 Å². The van der Waals surface area contributed by atoms with Gasteiger partial charge in [-0.2, -0.15) is 10.2 Å². The summed E-state index contributed by atoms with van der Waals surface area (Å²) >= 11 is 0. The second-order valence-electron chi connectivity index (χ2n) is 6.77. The second kappa shape index (κ2) is 12.1. The van der Waals surface area contributed by atoms with Gasteiger partial charge >= 0.3 is 0 Å². The van der Waals surface area contributed by atoms with Crippen LogP contribution in [0.2, 0.25) is 0 Å². The average molecular weight is 425 g/mol. The van der Waals surface area contributed by atoms with E-state index in [0.717, 1.165) is 22.6 Å². The largest absolute Gasteiger partial charge is 0.497 e. The number of benzene rings is 2. The lowest BCUT2D eigenvalue weighted by molar-refractivity contribution is -0.122. The molecule has 164 valence electrons. The summed E-state index contributed by atoms with van der Waals surface area (Å²) in [7, 11) is 3.20. The summed E-state index contributed by atoms with van der Waals surface area (Å²) in [5.41, 5.74) is 8.14. The van der Waals surface area contributed by atoms with Crippen molar-refractivity contribution < 1.29 is 19.1 Å². The van der Waals surface area contributed by atoms with Crippen LogP contribution in [0.5, 0.6) is 11.5 Å². The lowest BCUT2D eigenvalue weighted by atomic mass is 10.1. The number of hydrazone groups is 2. The quantitative estimate of drug-likeness (QED) is 0.451. The molecule has 0 fully saturated rings. The van der Waals surface area contributed by atoms with Crippen molar-refractivity contribution in [3.63, 3.8) is 0 Å². The molecule has 8 nitrogen and oxygen atoms in total. The maximum atomic E-state index is 12.0. The van der Waals surface area contributed by atoms with Crippen molar-refractivity contribution in [2.45, 2.75) is 33.1 Å². The van der Waals surface area contributed by atoms with E-state index in [9.17, 15) is 9.59 Å². The monoisotopic (exact) mass is 424 g/mol. The number of carbonyl (C=O) groups excluding carboxylic acids is 2. The first kappa shape index (κ1) is 23.6. The molecule has 0 unspecified atom stereocenters. The van der Waals surface area contributed by atoms with E-state index in [4.69, 9.17) is 9.47 Å². The summed E-state index contributed by atoms with van der Waals surface area (Å²) in [5, 5.41) is 8.20. The molecule has 31 heavy (non-hydrogen) atoms. The maximum Gasteiger partial charge on any atom is 0.240 e. The summed E-state index contributed by atoms with van der Waals surface area (Å²) in [4.78, 5) is 23.9. The minimum atomic E-state index is -0.251. The van der Waals surface area contributed by atoms with Gasteiger partial charge < -0.3 is 9.47 Å². The number of nitrogens with zero attached hydrogens (tertiary/aromatic N) is 2. The van der Waals surface area contributed by atoms with Crippen molar-refractivity contribution >= 4 is 23.2 Å². The van der Waals surface area contributed by atoms with Gasteiger partial charge in [0, 0.05) is 12.8 Å². The van der Waals surface area contributed by atoms with Gasteiger partial charge in [-0.1, -0.05) is 0 Å². The molecule has 0 aliphatic heterocycles. The molecule has 8 heteroatoms. The summed E-state index contributed by atoms with van der Waals surface area (Å²) in [5.74, 6) is 1.00. The molecule has 0 spiro atoms. The van der Waals surface area contributed by atoms with Crippen molar-refractivity contribution in [2.75, 3.05) is 14.2 Å². The highest BCUT2D eigenvalue weighted by Crippen LogP contribution is 2.12. The van der Waals surface area contributed by atoms with Crippen LogP contribution in [0.1, 0.15) is 44.2 Å². The van der Waals surface area contributed by atoms with Crippen LogP contribution in [0.15, 0.2) is 58.7 Å². The normalized spacial score (nSPS) is 11.6. The molecule has 0 saturated heterocycles. The number of rotatable bonds is 10. The number of carbonyl (C=O) groups is 2. The fraction of sp³-hybridized carbons (Fsp3) is 0.304. The summed E-state index contributed by atoms with van der Waals surface area (Å²) in [6, 6.07) is 14.8. The number of amides is 2. The molecule has 2 N–H and O–H groups in total. The zero-order valence-corrected chi connectivity index (χ0v) is 18.3. The van der Waals surface area contributed by atoms with E-state index in [0.29, 0.717) is 17.8 Å². The van der Waals surface area contributed by atoms with Gasteiger partial charge in [0.25, 0.3) is 0 Å². The van der Waals surface area contributed by atoms with Gasteiger partial charge in [0.05, 0.1) is 25.6 Å². The Hall–Kier alpha value is -3.68. The van der Waals surface area contributed by atoms with Crippen LogP contribution < -0.4 is 20.3 Å².